The van der Waals surface area contributed by atoms with Gasteiger partial charge in [0, 0.05) is 0 Å². The van der Waals surface area contributed by atoms with E-state index in [0.717, 1.165) is 12.1 Å². The van der Waals surface area contributed by atoms with Crippen LogP contribution in [-0.2, 0) is 18.8 Å². The molecule has 0 spiro atoms. The quantitative estimate of drug-likeness (QED) is 0.733. The number of rotatable bonds is 5. The normalized spacial score (nSPS) is 16.3. The highest BCUT2D eigenvalue weighted by Gasteiger charge is 2.26. The minimum atomic E-state index is -2.40. The molecule has 1 aliphatic carbocycles. The van der Waals surface area contributed by atoms with Crippen molar-refractivity contribution in [3.05, 3.63) is 11.4 Å². The molecule has 1 saturated carbocycles. The zero-order chi connectivity index (χ0) is 10.8. The second kappa shape index (κ2) is 4.43. The van der Waals surface area contributed by atoms with E-state index in [9.17, 15) is 8.78 Å². The van der Waals surface area contributed by atoms with E-state index in [1.807, 2.05) is 0 Å². The summed E-state index contributed by atoms with van der Waals surface area (Å²) in [6.45, 7) is -0.383. The third kappa shape index (κ3) is 2.65. The summed E-state index contributed by atoms with van der Waals surface area (Å²) in [6, 6.07) is 0. The lowest BCUT2D eigenvalue weighted by Crippen LogP contribution is -2.12. The van der Waals surface area contributed by atoms with Crippen LogP contribution in [0.25, 0.3) is 0 Å². The molecule has 0 amide bonds. The van der Waals surface area contributed by atoms with Gasteiger partial charge in [0.05, 0.1) is 11.6 Å². The summed E-state index contributed by atoms with van der Waals surface area (Å²) in [7, 11) is 0. The van der Waals surface area contributed by atoms with E-state index in [4.69, 9.17) is 11.6 Å². The molecule has 6 heteroatoms. The Bertz CT molecular complexity index is 336. The highest BCUT2D eigenvalue weighted by atomic mass is 35.5. The van der Waals surface area contributed by atoms with Crippen LogP contribution in [0.3, 0.4) is 0 Å². The van der Waals surface area contributed by atoms with Gasteiger partial charge >= 0.3 is 0 Å². The lowest BCUT2D eigenvalue weighted by Gasteiger charge is -2.05. The number of alkyl halides is 3. The van der Waals surface area contributed by atoms with Crippen LogP contribution < -0.4 is 0 Å². The van der Waals surface area contributed by atoms with Crippen molar-refractivity contribution < 1.29 is 8.78 Å². The molecule has 0 radical (unpaired) electrons. The summed E-state index contributed by atoms with van der Waals surface area (Å²) >= 11 is 5.68. The molecule has 0 bridgehead atoms. The lowest BCUT2D eigenvalue weighted by molar-refractivity contribution is 0.119. The minimum Gasteiger partial charge on any atom is -0.243 e. The third-order valence-corrected chi connectivity index (χ3v) is 2.79. The fourth-order valence-electron chi connectivity index (χ4n) is 1.57. The van der Waals surface area contributed by atoms with E-state index >= 15 is 0 Å². The van der Waals surface area contributed by atoms with Crippen LogP contribution in [0.15, 0.2) is 0 Å². The van der Waals surface area contributed by atoms with Crippen LogP contribution in [0.1, 0.15) is 24.2 Å². The van der Waals surface area contributed by atoms with E-state index < -0.39 is 6.43 Å². The zero-order valence-corrected chi connectivity index (χ0v) is 8.92. The van der Waals surface area contributed by atoms with Crippen molar-refractivity contribution in [1.29, 1.82) is 0 Å². The second-order valence-electron chi connectivity index (χ2n) is 3.84. The molecule has 2 rings (SSSR count). The molecule has 0 saturated heterocycles. The maximum absolute atomic E-state index is 12.2. The van der Waals surface area contributed by atoms with Crippen molar-refractivity contribution in [3.63, 3.8) is 0 Å². The Labute approximate surface area is 91.4 Å². The average molecular weight is 236 g/mol. The molecular weight excluding hydrogens is 224 g/mol. The predicted octanol–water partition coefficient (Wildman–Crippen LogP) is 2.23. The smallest absolute Gasteiger partial charge is 0.243 e. The van der Waals surface area contributed by atoms with E-state index in [1.165, 1.54) is 17.5 Å². The SMILES string of the molecule is FC(F)Cn1nnc(CCl)c1CC1CC1. The number of nitrogens with zero attached hydrogens (tertiary/aromatic N) is 3. The number of aromatic nitrogens is 3. The van der Waals surface area contributed by atoms with Crippen LogP contribution in [-0.4, -0.2) is 21.4 Å². The third-order valence-electron chi connectivity index (χ3n) is 2.53. The summed E-state index contributed by atoms with van der Waals surface area (Å²) in [6.07, 6.45) is 0.720. The lowest BCUT2D eigenvalue weighted by atomic mass is 10.2. The molecule has 1 heterocycles. The van der Waals surface area contributed by atoms with E-state index in [0.29, 0.717) is 11.6 Å². The molecular formula is C9H12ClF2N3. The van der Waals surface area contributed by atoms with Gasteiger partial charge in [0.15, 0.2) is 0 Å². The van der Waals surface area contributed by atoms with Gasteiger partial charge in [-0.05, 0) is 25.2 Å². The Morgan fingerprint density at radius 1 is 1.47 bits per heavy atom. The molecule has 1 aromatic heterocycles. The molecule has 1 aromatic rings. The van der Waals surface area contributed by atoms with Crippen LogP contribution in [0.2, 0.25) is 0 Å². The van der Waals surface area contributed by atoms with Crippen molar-refractivity contribution >= 4 is 11.6 Å². The van der Waals surface area contributed by atoms with Gasteiger partial charge in [-0.15, -0.1) is 16.7 Å². The van der Waals surface area contributed by atoms with Crippen molar-refractivity contribution in [2.45, 2.75) is 38.1 Å². The molecule has 1 aliphatic rings. The number of hydrogen-bond donors (Lipinski definition) is 0. The topological polar surface area (TPSA) is 30.7 Å². The first-order valence-electron chi connectivity index (χ1n) is 4.96. The maximum Gasteiger partial charge on any atom is 0.257 e. The van der Waals surface area contributed by atoms with Crippen LogP contribution in [0.4, 0.5) is 8.78 Å². The predicted molar refractivity (Wildman–Crippen MR) is 52.0 cm³/mol. The van der Waals surface area contributed by atoms with Gasteiger partial charge in [-0.3, -0.25) is 0 Å². The Morgan fingerprint density at radius 3 is 2.73 bits per heavy atom. The molecule has 0 N–H and O–H groups in total. The standard InChI is InChI=1S/C9H12ClF2N3/c10-4-7-8(3-6-1-2-6)15(14-13-7)5-9(11)12/h6,9H,1-5H2. The van der Waals surface area contributed by atoms with Gasteiger partial charge in [-0.1, -0.05) is 5.21 Å². The average Bonchev–Trinajstić information content (AvgIpc) is 2.91. The maximum atomic E-state index is 12.2. The molecule has 0 aromatic carbocycles. The zero-order valence-electron chi connectivity index (χ0n) is 8.17. The van der Waals surface area contributed by atoms with E-state index in [-0.39, 0.29) is 12.4 Å². The van der Waals surface area contributed by atoms with E-state index in [1.54, 1.807) is 0 Å². The molecule has 1 fully saturated rings. The fraction of sp³-hybridized carbons (Fsp3) is 0.778. The second-order valence-corrected chi connectivity index (χ2v) is 4.10. The summed E-state index contributed by atoms with van der Waals surface area (Å²) in [5.74, 6) is 0.854. The van der Waals surface area contributed by atoms with E-state index in [2.05, 4.69) is 10.3 Å². The summed E-state index contributed by atoms with van der Waals surface area (Å²) in [4.78, 5) is 0. The Balaban J connectivity index is 2.15. The van der Waals surface area contributed by atoms with Gasteiger partial charge in [-0.25, -0.2) is 13.5 Å². The van der Waals surface area contributed by atoms with Crippen LogP contribution in [0, 0.1) is 5.92 Å². The largest absolute Gasteiger partial charge is 0.257 e. The van der Waals surface area contributed by atoms with Gasteiger partial charge in [0.2, 0.25) is 0 Å². The minimum absolute atomic E-state index is 0.241. The Kier molecular flexibility index (Phi) is 3.19. The van der Waals surface area contributed by atoms with Gasteiger partial charge in [0.1, 0.15) is 12.2 Å². The number of hydrogen-bond acceptors (Lipinski definition) is 2. The Morgan fingerprint density at radius 2 is 2.20 bits per heavy atom. The summed E-state index contributed by atoms with van der Waals surface area (Å²) < 4.78 is 25.8. The van der Waals surface area contributed by atoms with Gasteiger partial charge in [0.25, 0.3) is 6.43 Å². The molecule has 15 heavy (non-hydrogen) atoms. The fourth-order valence-corrected chi connectivity index (χ4v) is 1.78. The molecule has 0 atom stereocenters. The van der Waals surface area contributed by atoms with Gasteiger partial charge < -0.3 is 0 Å². The van der Waals surface area contributed by atoms with Crippen molar-refractivity contribution in [1.82, 2.24) is 15.0 Å². The molecule has 0 unspecified atom stereocenters. The monoisotopic (exact) mass is 235 g/mol. The highest BCUT2D eigenvalue weighted by molar-refractivity contribution is 6.16. The van der Waals surface area contributed by atoms with Crippen LogP contribution in [0.5, 0.6) is 0 Å². The summed E-state index contributed by atoms with van der Waals surface area (Å²) in [5, 5.41) is 7.53. The number of halogens is 3. The summed E-state index contributed by atoms with van der Waals surface area (Å²) in [5.41, 5.74) is 1.43. The molecule has 84 valence electrons. The first-order chi connectivity index (χ1) is 7.20. The van der Waals surface area contributed by atoms with Crippen molar-refractivity contribution in [3.8, 4) is 0 Å². The van der Waals surface area contributed by atoms with Crippen molar-refractivity contribution in [2.75, 3.05) is 0 Å². The van der Waals surface area contributed by atoms with Gasteiger partial charge in [-0.2, -0.15) is 0 Å². The molecule has 0 aliphatic heterocycles. The Hall–Kier alpha value is -0.710. The first-order valence-corrected chi connectivity index (χ1v) is 5.49. The highest BCUT2D eigenvalue weighted by Crippen LogP contribution is 2.33. The van der Waals surface area contributed by atoms with Crippen LogP contribution >= 0.6 is 11.6 Å². The van der Waals surface area contributed by atoms with Crippen molar-refractivity contribution in [2.24, 2.45) is 5.92 Å². The molecule has 3 nitrogen and oxygen atoms in total. The first kappa shape index (κ1) is 10.8.